The summed E-state index contributed by atoms with van der Waals surface area (Å²) < 4.78 is 2.20. The van der Waals surface area contributed by atoms with E-state index in [1.807, 2.05) is 0 Å². The van der Waals surface area contributed by atoms with Gasteiger partial charge in [-0.05, 0) is 50.9 Å². The molecule has 0 saturated carbocycles. The first-order valence-electron chi connectivity index (χ1n) is 9.03. The van der Waals surface area contributed by atoms with E-state index in [-0.39, 0.29) is 0 Å². The van der Waals surface area contributed by atoms with Gasteiger partial charge in [0.15, 0.2) is 6.20 Å². The quantitative estimate of drug-likeness (QED) is 0.263. The Hall–Kier alpha value is -3.19. The van der Waals surface area contributed by atoms with E-state index in [0.29, 0.717) is 0 Å². The summed E-state index contributed by atoms with van der Waals surface area (Å²) in [4.78, 5) is 0. The smallest absolute Gasteiger partial charge is 0.201 e. The highest BCUT2D eigenvalue weighted by Gasteiger charge is 2.16. The third-order valence-electron chi connectivity index (χ3n) is 5.43. The maximum atomic E-state index is 2.28. The minimum absolute atomic E-state index is 1.25. The number of pyridine rings is 1. The van der Waals surface area contributed by atoms with Crippen molar-refractivity contribution in [2.75, 3.05) is 0 Å². The van der Waals surface area contributed by atoms with Gasteiger partial charge in [-0.1, -0.05) is 60.7 Å². The second-order valence-electron chi connectivity index (χ2n) is 7.00. The van der Waals surface area contributed by atoms with Crippen LogP contribution in [0, 0.1) is 6.92 Å². The monoisotopic (exact) mass is 334 g/mol. The molecule has 0 atom stereocenters. The molecule has 0 spiro atoms. The van der Waals surface area contributed by atoms with Gasteiger partial charge in [0.2, 0.25) is 5.69 Å². The van der Waals surface area contributed by atoms with E-state index in [2.05, 4.69) is 104 Å². The molecule has 0 saturated heterocycles. The van der Waals surface area contributed by atoms with Crippen molar-refractivity contribution < 1.29 is 4.57 Å². The van der Waals surface area contributed by atoms with Crippen LogP contribution in [-0.4, -0.2) is 0 Å². The molecule has 1 heteroatoms. The number of nitrogens with zero attached hydrogens (tertiary/aromatic N) is 1. The van der Waals surface area contributed by atoms with E-state index in [1.54, 1.807) is 0 Å². The molecule has 0 radical (unpaired) electrons. The van der Waals surface area contributed by atoms with Gasteiger partial charge in [-0.15, -0.1) is 0 Å². The zero-order valence-corrected chi connectivity index (χ0v) is 15.0. The van der Waals surface area contributed by atoms with Crippen LogP contribution in [0.2, 0.25) is 0 Å². The first kappa shape index (κ1) is 15.1. The second-order valence-corrected chi connectivity index (χ2v) is 7.00. The molecular formula is C25H20N+. The summed E-state index contributed by atoms with van der Waals surface area (Å²) in [6, 6.07) is 28.6. The Morgan fingerprint density at radius 3 is 2.23 bits per heavy atom. The van der Waals surface area contributed by atoms with Crippen molar-refractivity contribution in [3.8, 4) is 11.3 Å². The zero-order valence-electron chi connectivity index (χ0n) is 15.0. The lowest BCUT2D eigenvalue weighted by Crippen LogP contribution is -2.30. The Morgan fingerprint density at radius 1 is 0.615 bits per heavy atom. The number of aryl methyl sites for hydroxylation is 2. The molecular weight excluding hydrogens is 314 g/mol. The van der Waals surface area contributed by atoms with Gasteiger partial charge < -0.3 is 0 Å². The maximum absolute atomic E-state index is 2.28. The van der Waals surface area contributed by atoms with Crippen molar-refractivity contribution in [2.45, 2.75) is 6.92 Å². The maximum Gasteiger partial charge on any atom is 0.213 e. The van der Waals surface area contributed by atoms with Crippen LogP contribution in [0.15, 0.2) is 85.1 Å². The minimum atomic E-state index is 1.25. The molecule has 0 bridgehead atoms. The van der Waals surface area contributed by atoms with Crippen LogP contribution in [0.3, 0.4) is 0 Å². The average molecular weight is 334 g/mol. The molecule has 1 heterocycles. The molecule has 1 nitrogen and oxygen atoms in total. The molecule has 1 aromatic heterocycles. The third-order valence-corrected chi connectivity index (χ3v) is 5.43. The number of aromatic nitrogens is 1. The Balaban J connectivity index is 2.00. The molecule has 0 amide bonds. The molecule has 0 aliphatic heterocycles. The van der Waals surface area contributed by atoms with Crippen LogP contribution in [-0.2, 0) is 7.05 Å². The molecule has 0 fully saturated rings. The molecule has 5 rings (SSSR count). The highest BCUT2D eigenvalue weighted by atomic mass is 14.9. The predicted molar refractivity (Wildman–Crippen MR) is 110 cm³/mol. The number of rotatable bonds is 1. The lowest BCUT2D eigenvalue weighted by Gasteiger charge is -2.13. The zero-order chi connectivity index (χ0) is 17.7. The molecule has 0 unspecified atom stereocenters. The SMILES string of the molecule is Cc1ccc2c(ccc3ccc4ccccc4c32)c1-c1cccc[n+]1C. The van der Waals surface area contributed by atoms with E-state index in [1.165, 1.54) is 49.1 Å². The van der Waals surface area contributed by atoms with Crippen molar-refractivity contribution in [3.05, 3.63) is 90.6 Å². The van der Waals surface area contributed by atoms with Gasteiger partial charge in [0, 0.05) is 12.1 Å². The highest BCUT2D eigenvalue weighted by Crippen LogP contribution is 2.37. The summed E-state index contributed by atoms with van der Waals surface area (Å²) in [6.07, 6.45) is 2.12. The van der Waals surface area contributed by atoms with Gasteiger partial charge in [0.1, 0.15) is 7.05 Å². The van der Waals surface area contributed by atoms with Gasteiger partial charge in [-0.2, -0.15) is 0 Å². The van der Waals surface area contributed by atoms with Crippen molar-refractivity contribution in [1.82, 2.24) is 0 Å². The molecule has 4 aromatic carbocycles. The largest absolute Gasteiger partial charge is 0.213 e. The number of hydrogen-bond donors (Lipinski definition) is 0. The lowest BCUT2D eigenvalue weighted by molar-refractivity contribution is -0.660. The van der Waals surface area contributed by atoms with Crippen molar-refractivity contribution >= 4 is 32.3 Å². The molecule has 0 aliphatic rings. The van der Waals surface area contributed by atoms with Crippen LogP contribution in [0.1, 0.15) is 5.56 Å². The predicted octanol–water partition coefficient (Wildman–Crippen LogP) is 5.95. The van der Waals surface area contributed by atoms with E-state index in [9.17, 15) is 0 Å². The van der Waals surface area contributed by atoms with E-state index >= 15 is 0 Å². The topological polar surface area (TPSA) is 3.88 Å². The van der Waals surface area contributed by atoms with Gasteiger partial charge in [-0.3, -0.25) is 0 Å². The third kappa shape index (κ3) is 2.14. The number of hydrogen-bond acceptors (Lipinski definition) is 0. The van der Waals surface area contributed by atoms with Crippen molar-refractivity contribution in [1.29, 1.82) is 0 Å². The standard InChI is InChI=1S/C25H20N/c1-17-10-14-22-21(24(17)23-9-5-6-16-26(23)2)15-13-19-12-11-18-7-3-4-8-20(18)25(19)22/h3-16H,1-2H3/q+1. The highest BCUT2D eigenvalue weighted by molar-refractivity contribution is 6.22. The fourth-order valence-electron chi connectivity index (χ4n) is 4.14. The van der Waals surface area contributed by atoms with E-state index in [0.717, 1.165) is 0 Å². The molecule has 0 N–H and O–H groups in total. The van der Waals surface area contributed by atoms with Crippen LogP contribution >= 0.6 is 0 Å². The molecule has 26 heavy (non-hydrogen) atoms. The fourth-order valence-corrected chi connectivity index (χ4v) is 4.14. The Labute approximate surface area is 153 Å². The van der Waals surface area contributed by atoms with Gasteiger partial charge in [0.25, 0.3) is 0 Å². The number of fused-ring (bicyclic) bond motifs is 5. The van der Waals surface area contributed by atoms with Crippen LogP contribution in [0.25, 0.3) is 43.6 Å². The lowest BCUT2D eigenvalue weighted by atomic mass is 9.91. The van der Waals surface area contributed by atoms with E-state index < -0.39 is 0 Å². The average Bonchev–Trinajstić information content (AvgIpc) is 2.68. The summed E-state index contributed by atoms with van der Waals surface area (Å²) in [5, 5.41) is 7.89. The molecule has 0 aliphatic carbocycles. The Kier molecular flexibility index (Phi) is 3.29. The summed E-state index contributed by atoms with van der Waals surface area (Å²) in [6.45, 7) is 2.20. The minimum Gasteiger partial charge on any atom is -0.201 e. The summed E-state index contributed by atoms with van der Waals surface area (Å²) in [5.74, 6) is 0. The molecule has 5 aromatic rings. The summed E-state index contributed by atoms with van der Waals surface area (Å²) >= 11 is 0. The van der Waals surface area contributed by atoms with E-state index in [4.69, 9.17) is 0 Å². The van der Waals surface area contributed by atoms with Crippen LogP contribution < -0.4 is 4.57 Å². The van der Waals surface area contributed by atoms with Gasteiger partial charge in [0.05, 0.1) is 5.56 Å². The second kappa shape index (κ2) is 5.67. The van der Waals surface area contributed by atoms with Gasteiger partial charge in [-0.25, -0.2) is 4.57 Å². The first-order chi connectivity index (χ1) is 12.7. The number of benzene rings is 4. The van der Waals surface area contributed by atoms with Crippen molar-refractivity contribution in [2.24, 2.45) is 7.05 Å². The normalized spacial score (nSPS) is 11.5. The summed E-state index contributed by atoms with van der Waals surface area (Å²) in [5.41, 5.74) is 3.87. The van der Waals surface area contributed by atoms with Crippen LogP contribution in [0.4, 0.5) is 0 Å². The molecule has 124 valence electrons. The first-order valence-corrected chi connectivity index (χ1v) is 9.03. The van der Waals surface area contributed by atoms with Crippen molar-refractivity contribution in [3.63, 3.8) is 0 Å². The fraction of sp³-hybridized carbons (Fsp3) is 0.0800. The van der Waals surface area contributed by atoms with Crippen LogP contribution in [0.5, 0.6) is 0 Å². The van der Waals surface area contributed by atoms with Gasteiger partial charge >= 0.3 is 0 Å². The Bertz CT molecular complexity index is 1300. The summed E-state index contributed by atoms with van der Waals surface area (Å²) in [7, 11) is 2.12. The Morgan fingerprint density at radius 2 is 1.35 bits per heavy atom.